The average Bonchev–Trinajstić information content (AvgIpc) is 3.54. The molecule has 2 aromatic carbocycles. The van der Waals surface area contributed by atoms with Crippen molar-refractivity contribution in [3.05, 3.63) is 76.8 Å². The van der Waals surface area contributed by atoms with E-state index in [1.54, 1.807) is 23.1 Å². The summed E-state index contributed by atoms with van der Waals surface area (Å²) >= 11 is 6.12. The van der Waals surface area contributed by atoms with Crippen molar-refractivity contribution < 1.29 is 9.59 Å². The number of amides is 2. The summed E-state index contributed by atoms with van der Waals surface area (Å²) in [7, 11) is 0. The Morgan fingerprint density at radius 1 is 0.893 bits per heavy atom. The summed E-state index contributed by atoms with van der Waals surface area (Å²) in [5.41, 5.74) is 2.08. The van der Waals surface area contributed by atoms with E-state index < -0.39 is 0 Å². The molecule has 144 valence electrons. The van der Waals surface area contributed by atoms with Gasteiger partial charge in [0.1, 0.15) is 0 Å². The summed E-state index contributed by atoms with van der Waals surface area (Å²) in [6.07, 6.45) is 4.24. The standard InChI is InChI=1S/C23H23ClN2O2/c24-21-9-5-4-8-18(21)10-11-22(27)25-12-14-26(15-13-25)23(28)20-16-19(20)17-6-2-1-3-7-17/h1-11,19-20H,12-16H2/b11-10+. The van der Waals surface area contributed by atoms with Gasteiger partial charge in [0, 0.05) is 43.2 Å². The van der Waals surface area contributed by atoms with E-state index in [9.17, 15) is 9.59 Å². The van der Waals surface area contributed by atoms with Gasteiger partial charge in [-0.3, -0.25) is 9.59 Å². The first-order valence-electron chi connectivity index (χ1n) is 9.69. The second kappa shape index (κ2) is 8.19. The first-order chi connectivity index (χ1) is 13.6. The van der Waals surface area contributed by atoms with Gasteiger partial charge >= 0.3 is 0 Å². The summed E-state index contributed by atoms with van der Waals surface area (Å²) in [6, 6.07) is 17.7. The van der Waals surface area contributed by atoms with Crippen molar-refractivity contribution >= 4 is 29.5 Å². The molecule has 2 unspecified atom stereocenters. The van der Waals surface area contributed by atoms with Gasteiger partial charge in [-0.25, -0.2) is 0 Å². The Bertz CT molecular complexity index is 888. The number of rotatable bonds is 4. The van der Waals surface area contributed by atoms with E-state index in [2.05, 4.69) is 12.1 Å². The number of halogens is 1. The second-order valence-electron chi connectivity index (χ2n) is 7.36. The molecule has 1 aliphatic carbocycles. The quantitative estimate of drug-likeness (QED) is 0.739. The maximum Gasteiger partial charge on any atom is 0.246 e. The molecular weight excluding hydrogens is 372 g/mol. The molecule has 2 amide bonds. The molecule has 2 aliphatic rings. The van der Waals surface area contributed by atoms with Gasteiger partial charge in [0.15, 0.2) is 0 Å². The van der Waals surface area contributed by atoms with Crippen LogP contribution < -0.4 is 0 Å². The number of benzene rings is 2. The van der Waals surface area contributed by atoms with E-state index in [0.717, 1.165) is 12.0 Å². The Hall–Kier alpha value is -2.59. The molecule has 2 fully saturated rings. The Morgan fingerprint density at radius 2 is 1.54 bits per heavy atom. The van der Waals surface area contributed by atoms with Crippen LogP contribution >= 0.6 is 11.6 Å². The molecule has 1 aliphatic heterocycles. The van der Waals surface area contributed by atoms with Crippen molar-refractivity contribution in [3.63, 3.8) is 0 Å². The van der Waals surface area contributed by atoms with Crippen molar-refractivity contribution in [1.29, 1.82) is 0 Å². The third-order valence-corrected chi connectivity index (χ3v) is 5.89. The van der Waals surface area contributed by atoms with Gasteiger partial charge in [0.05, 0.1) is 0 Å². The van der Waals surface area contributed by atoms with E-state index in [1.807, 2.05) is 41.3 Å². The summed E-state index contributed by atoms with van der Waals surface area (Å²) in [5, 5.41) is 0.624. The maximum absolute atomic E-state index is 12.8. The molecule has 1 saturated carbocycles. The monoisotopic (exact) mass is 394 g/mol. The average molecular weight is 395 g/mol. The fourth-order valence-corrected chi connectivity index (χ4v) is 3.99. The normalized spacial score (nSPS) is 21.8. The van der Waals surface area contributed by atoms with Crippen LogP contribution in [0.4, 0.5) is 0 Å². The summed E-state index contributed by atoms with van der Waals surface area (Å²) in [6.45, 7) is 2.34. The molecule has 1 saturated heterocycles. The first-order valence-corrected chi connectivity index (χ1v) is 10.1. The van der Waals surface area contributed by atoms with Gasteiger partial charge in [0.25, 0.3) is 0 Å². The lowest BCUT2D eigenvalue weighted by molar-refractivity contribution is -0.138. The first kappa shape index (κ1) is 18.8. The number of piperazine rings is 1. The van der Waals surface area contributed by atoms with E-state index in [-0.39, 0.29) is 17.7 Å². The van der Waals surface area contributed by atoms with Gasteiger partial charge in [-0.2, -0.15) is 0 Å². The number of hydrogen-bond donors (Lipinski definition) is 0. The molecule has 28 heavy (non-hydrogen) atoms. The molecule has 5 heteroatoms. The molecule has 0 aromatic heterocycles. The van der Waals surface area contributed by atoms with Gasteiger partial charge < -0.3 is 9.80 Å². The molecule has 2 atom stereocenters. The minimum Gasteiger partial charge on any atom is -0.339 e. The SMILES string of the molecule is O=C(/C=C/c1ccccc1Cl)N1CCN(C(=O)C2CC2c2ccccc2)CC1. The van der Waals surface area contributed by atoms with Crippen molar-refractivity contribution in [3.8, 4) is 0 Å². The Labute approximate surface area is 170 Å². The summed E-state index contributed by atoms with van der Waals surface area (Å²) in [5.74, 6) is 0.643. The zero-order valence-electron chi connectivity index (χ0n) is 15.6. The Balaban J connectivity index is 1.28. The fraction of sp³-hybridized carbons (Fsp3) is 0.304. The lowest BCUT2D eigenvalue weighted by atomic mass is 10.1. The van der Waals surface area contributed by atoms with Crippen LogP contribution in [0, 0.1) is 5.92 Å². The lowest BCUT2D eigenvalue weighted by Crippen LogP contribution is -2.50. The molecule has 4 nitrogen and oxygen atoms in total. The van der Waals surface area contributed by atoms with Gasteiger partial charge in [-0.1, -0.05) is 60.1 Å². The second-order valence-corrected chi connectivity index (χ2v) is 7.77. The van der Waals surface area contributed by atoms with Gasteiger partial charge in [-0.05, 0) is 35.6 Å². The number of carbonyl (C=O) groups is 2. The molecule has 0 radical (unpaired) electrons. The van der Waals surface area contributed by atoms with Crippen molar-refractivity contribution in [2.45, 2.75) is 12.3 Å². The number of nitrogens with zero attached hydrogens (tertiary/aromatic N) is 2. The van der Waals surface area contributed by atoms with E-state index in [4.69, 9.17) is 11.6 Å². The third kappa shape index (κ3) is 4.12. The summed E-state index contributed by atoms with van der Waals surface area (Å²) < 4.78 is 0. The molecule has 0 spiro atoms. The minimum atomic E-state index is -0.0411. The van der Waals surface area contributed by atoms with E-state index in [1.165, 1.54) is 5.56 Å². The number of carbonyl (C=O) groups excluding carboxylic acids is 2. The maximum atomic E-state index is 12.8. The van der Waals surface area contributed by atoms with Crippen LogP contribution in [0.1, 0.15) is 23.5 Å². The molecular formula is C23H23ClN2O2. The summed E-state index contributed by atoms with van der Waals surface area (Å²) in [4.78, 5) is 28.9. The predicted octanol–water partition coefficient (Wildman–Crippen LogP) is 3.83. The highest BCUT2D eigenvalue weighted by Crippen LogP contribution is 2.48. The fourth-order valence-electron chi connectivity index (χ4n) is 3.80. The highest BCUT2D eigenvalue weighted by atomic mass is 35.5. The highest BCUT2D eigenvalue weighted by molar-refractivity contribution is 6.32. The molecule has 1 heterocycles. The molecule has 2 aromatic rings. The number of hydrogen-bond acceptors (Lipinski definition) is 2. The highest BCUT2D eigenvalue weighted by Gasteiger charge is 2.46. The zero-order chi connectivity index (χ0) is 19.5. The Morgan fingerprint density at radius 3 is 2.25 bits per heavy atom. The molecule has 0 bridgehead atoms. The smallest absolute Gasteiger partial charge is 0.246 e. The van der Waals surface area contributed by atoms with Crippen molar-refractivity contribution in [1.82, 2.24) is 9.80 Å². The predicted molar refractivity (Wildman–Crippen MR) is 111 cm³/mol. The Kier molecular flexibility index (Phi) is 5.49. The van der Waals surface area contributed by atoms with Crippen molar-refractivity contribution in [2.75, 3.05) is 26.2 Å². The van der Waals surface area contributed by atoms with Crippen LogP contribution in [0.25, 0.3) is 6.08 Å². The molecule has 0 N–H and O–H groups in total. The van der Waals surface area contributed by atoms with Crippen LogP contribution in [-0.2, 0) is 9.59 Å². The van der Waals surface area contributed by atoms with Crippen LogP contribution in [0.15, 0.2) is 60.7 Å². The zero-order valence-corrected chi connectivity index (χ0v) is 16.4. The van der Waals surface area contributed by atoms with Crippen molar-refractivity contribution in [2.24, 2.45) is 5.92 Å². The minimum absolute atomic E-state index is 0.0411. The van der Waals surface area contributed by atoms with Crippen LogP contribution in [0.5, 0.6) is 0 Å². The third-order valence-electron chi connectivity index (χ3n) is 5.55. The topological polar surface area (TPSA) is 40.6 Å². The lowest BCUT2D eigenvalue weighted by Gasteiger charge is -2.34. The van der Waals surface area contributed by atoms with Crippen LogP contribution in [-0.4, -0.2) is 47.8 Å². The van der Waals surface area contributed by atoms with E-state index in [0.29, 0.717) is 37.1 Å². The van der Waals surface area contributed by atoms with E-state index >= 15 is 0 Å². The largest absolute Gasteiger partial charge is 0.339 e. The van der Waals surface area contributed by atoms with Gasteiger partial charge in [0.2, 0.25) is 11.8 Å². The van der Waals surface area contributed by atoms with Crippen LogP contribution in [0.2, 0.25) is 5.02 Å². The van der Waals surface area contributed by atoms with Crippen LogP contribution in [0.3, 0.4) is 0 Å². The molecule has 4 rings (SSSR count). The van der Waals surface area contributed by atoms with Gasteiger partial charge in [-0.15, -0.1) is 0 Å².